The maximum absolute atomic E-state index is 13.0. The molecule has 0 amide bonds. The second kappa shape index (κ2) is 6.95. The first-order chi connectivity index (χ1) is 9.95. The molecule has 0 saturated carbocycles. The van der Waals surface area contributed by atoms with Crippen LogP contribution >= 0.6 is 15.9 Å². The van der Waals surface area contributed by atoms with Gasteiger partial charge in [0.25, 0.3) is 0 Å². The van der Waals surface area contributed by atoms with Gasteiger partial charge in [-0.1, -0.05) is 34.1 Å². The predicted octanol–water partition coefficient (Wildman–Crippen LogP) is 3.52. The second-order valence-electron chi connectivity index (χ2n) is 4.44. The van der Waals surface area contributed by atoms with Gasteiger partial charge in [0.15, 0.2) is 0 Å². The van der Waals surface area contributed by atoms with Crippen molar-refractivity contribution in [3.05, 3.63) is 63.9 Å². The summed E-state index contributed by atoms with van der Waals surface area (Å²) in [6.45, 7) is 0. The standard InChI is InChI=1S/C15H12BrFO3S/c16-14-8-12(17)4-3-11(14)9-21(20)13-5-1-10(2-6-13)7-15(18)19/h1-6,8H,7,9H2,(H,18,19). The minimum atomic E-state index is -1.27. The number of carbonyl (C=O) groups is 1. The van der Waals surface area contributed by atoms with Crippen LogP contribution in [0, 0.1) is 5.82 Å². The van der Waals surface area contributed by atoms with Gasteiger partial charge in [-0.15, -0.1) is 0 Å². The van der Waals surface area contributed by atoms with Crippen LogP contribution in [0.1, 0.15) is 11.1 Å². The van der Waals surface area contributed by atoms with E-state index in [0.29, 0.717) is 14.9 Å². The van der Waals surface area contributed by atoms with Gasteiger partial charge in [0.2, 0.25) is 0 Å². The molecule has 2 rings (SSSR count). The zero-order chi connectivity index (χ0) is 15.4. The van der Waals surface area contributed by atoms with Crippen LogP contribution in [0.4, 0.5) is 4.39 Å². The monoisotopic (exact) mass is 370 g/mol. The molecule has 2 aromatic rings. The second-order valence-corrected chi connectivity index (χ2v) is 6.75. The molecule has 0 aromatic heterocycles. The maximum atomic E-state index is 13.0. The van der Waals surface area contributed by atoms with Gasteiger partial charge in [-0.3, -0.25) is 9.00 Å². The lowest BCUT2D eigenvalue weighted by Gasteiger charge is -2.06. The van der Waals surface area contributed by atoms with Crippen molar-refractivity contribution in [1.82, 2.24) is 0 Å². The average molecular weight is 371 g/mol. The summed E-state index contributed by atoms with van der Waals surface area (Å²) in [5.41, 5.74) is 1.41. The molecule has 1 unspecified atom stereocenters. The van der Waals surface area contributed by atoms with Gasteiger partial charge < -0.3 is 5.11 Å². The molecule has 0 bridgehead atoms. The van der Waals surface area contributed by atoms with E-state index in [1.807, 2.05) is 0 Å². The van der Waals surface area contributed by atoms with Gasteiger partial charge in [0, 0.05) is 9.37 Å². The summed E-state index contributed by atoms with van der Waals surface area (Å²) >= 11 is 3.25. The average Bonchev–Trinajstić information content (AvgIpc) is 2.42. The molecule has 110 valence electrons. The number of benzene rings is 2. The summed E-state index contributed by atoms with van der Waals surface area (Å²) in [5, 5.41) is 8.70. The zero-order valence-corrected chi connectivity index (χ0v) is 13.3. The van der Waals surface area contributed by atoms with E-state index in [1.165, 1.54) is 12.1 Å². The molecule has 0 aliphatic carbocycles. The first-order valence-corrected chi connectivity index (χ1v) is 8.20. The Morgan fingerprint density at radius 2 is 1.86 bits per heavy atom. The van der Waals surface area contributed by atoms with Crippen molar-refractivity contribution in [2.75, 3.05) is 0 Å². The van der Waals surface area contributed by atoms with Crippen LogP contribution < -0.4 is 0 Å². The highest BCUT2D eigenvalue weighted by atomic mass is 79.9. The Balaban J connectivity index is 2.11. The minimum Gasteiger partial charge on any atom is -0.481 e. The Labute approximate surface area is 132 Å². The Hall–Kier alpha value is -1.53. The van der Waals surface area contributed by atoms with Crippen molar-refractivity contribution in [2.24, 2.45) is 0 Å². The summed E-state index contributed by atoms with van der Waals surface area (Å²) in [5.74, 6) is -0.993. The number of hydrogen-bond donors (Lipinski definition) is 1. The number of aliphatic carboxylic acids is 1. The normalized spacial score (nSPS) is 12.1. The predicted molar refractivity (Wildman–Crippen MR) is 82.0 cm³/mol. The topological polar surface area (TPSA) is 54.4 Å². The molecular weight excluding hydrogens is 359 g/mol. The maximum Gasteiger partial charge on any atom is 0.307 e. The van der Waals surface area contributed by atoms with E-state index in [-0.39, 0.29) is 18.0 Å². The van der Waals surface area contributed by atoms with E-state index >= 15 is 0 Å². The van der Waals surface area contributed by atoms with Gasteiger partial charge in [-0.25, -0.2) is 4.39 Å². The third-order valence-electron chi connectivity index (χ3n) is 2.84. The van der Waals surface area contributed by atoms with Gasteiger partial charge in [0.1, 0.15) is 5.82 Å². The molecule has 0 saturated heterocycles. The third-order valence-corrected chi connectivity index (χ3v) is 4.95. The van der Waals surface area contributed by atoms with Crippen LogP contribution in [0.15, 0.2) is 51.8 Å². The fourth-order valence-corrected chi connectivity index (χ4v) is 3.61. The van der Waals surface area contributed by atoms with Crippen molar-refractivity contribution in [2.45, 2.75) is 17.1 Å². The van der Waals surface area contributed by atoms with Crippen molar-refractivity contribution in [3.63, 3.8) is 0 Å². The van der Waals surface area contributed by atoms with Crippen LogP contribution in [-0.2, 0) is 27.8 Å². The van der Waals surface area contributed by atoms with Gasteiger partial charge >= 0.3 is 5.97 Å². The molecule has 0 aliphatic heterocycles. The van der Waals surface area contributed by atoms with Crippen LogP contribution in [0.3, 0.4) is 0 Å². The van der Waals surface area contributed by atoms with Crippen LogP contribution in [0.2, 0.25) is 0 Å². The smallest absolute Gasteiger partial charge is 0.307 e. The van der Waals surface area contributed by atoms with Gasteiger partial charge in [0.05, 0.1) is 23.0 Å². The quantitative estimate of drug-likeness (QED) is 0.875. The van der Waals surface area contributed by atoms with E-state index in [1.54, 1.807) is 30.3 Å². The summed E-state index contributed by atoms with van der Waals surface area (Å²) < 4.78 is 25.8. The summed E-state index contributed by atoms with van der Waals surface area (Å²) in [4.78, 5) is 11.2. The molecule has 0 aliphatic rings. The molecular formula is C15H12BrFO3S. The van der Waals surface area contributed by atoms with E-state index in [0.717, 1.165) is 5.56 Å². The van der Waals surface area contributed by atoms with Crippen LogP contribution in [0.5, 0.6) is 0 Å². The van der Waals surface area contributed by atoms with E-state index in [4.69, 9.17) is 5.11 Å². The number of hydrogen-bond acceptors (Lipinski definition) is 2. The highest BCUT2D eigenvalue weighted by Gasteiger charge is 2.09. The molecule has 0 fully saturated rings. The molecule has 21 heavy (non-hydrogen) atoms. The SMILES string of the molecule is O=C(O)Cc1ccc(S(=O)Cc2ccc(F)cc2Br)cc1. The summed E-state index contributed by atoms with van der Waals surface area (Å²) in [6, 6.07) is 10.9. The molecule has 0 radical (unpaired) electrons. The lowest BCUT2D eigenvalue weighted by Crippen LogP contribution is -2.01. The van der Waals surface area contributed by atoms with Crippen LogP contribution in [0.25, 0.3) is 0 Å². The van der Waals surface area contributed by atoms with E-state index in [9.17, 15) is 13.4 Å². The fourth-order valence-electron chi connectivity index (χ4n) is 1.80. The molecule has 0 spiro atoms. The Bertz CT molecular complexity index is 686. The molecule has 3 nitrogen and oxygen atoms in total. The molecule has 0 heterocycles. The summed E-state index contributed by atoms with van der Waals surface area (Å²) in [6.07, 6.45) is -0.0591. The Morgan fingerprint density at radius 1 is 1.19 bits per heavy atom. The lowest BCUT2D eigenvalue weighted by atomic mass is 10.2. The number of carboxylic acid groups (broad SMARTS) is 1. The first-order valence-electron chi connectivity index (χ1n) is 6.09. The number of halogens is 2. The van der Waals surface area contributed by atoms with E-state index < -0.39 is 16.8 Å². The van der Waals surface area contributed by atoms with Crippen molar-refractivity contribution < 1.29 is 18.5 Å². The number of rotatable bonds is 5. The van der Waals surface area contributed by atoms with Gasteiger partial charge in [-0.05, 0) is 35.4 Å². The van der Waals surface area contributed by atoms with E-state index in [2.05, 4.69) is 15.9 Å². The van der Waals surface area contributed by atoms with Crippen molar-refractivity contribution in [3.8, 4) is 0 Å². The molecule has 1 atom stereocenters. The van der Waals surface area contributed by atoms with Gasteiger partial charge in [-0.2, -0.15) is 0 Å². The zero-order valence-electron chi connectivity index (χ0n) is 10.9. The van der Waals surface area contributed by atoms with Crippen LogP contribution in [-0.4, -0.2) is 15.3 Å². The Kier molecular flexibility index (Phi) is 5.25. The molecule has 2 aromatic carbocycles. The molecule has 6 heteroatoms. The minimum absolute atomic E-state index is 0.0591. The lowest BCUT2D eigenvalue weighted by molar-refractivity contribution is -0.136. The highest BCUT2D eigenvalue weighted by Crippen LogP contribution is 2.22. The largest absolute Gasteiger partial charge is 0.481 e. The van der Waals surface area contributed by atoms with Crippen molar-refractivity contribution in [1.29, 1.82) is 0 Å². The fraction of sp³-hybridized carbons (Fsp3) is 0.133. The third kappa shape index (κ3) is 4.47. The first kappa shape index (κ1) is 15.9. The Morgan fingerprint density at radius 3 is 2.43 bits per heavy atom. The number of carboxylic acids is 1. The molecule has 1 N–H and O–H groups in total. The highest BCUT2D eigenvalue weighted by molar-refractivity contribution is 9.10. The van der Waals surface area contributed by atoms with Crippen molar-refractivity contribution >= 4 is 32.7 Å². The summed E-state index contributed by atoms with van der Waals surface area (Å²) in [7, 11) is -1.27.